The number of carboxylic acids is 1. The molecular formula is C13H16N2O4. The van der Waals surface area contributed by atoms with Crippen molar-refractivity contribution in [1.82, 2.24) is 10.3 Å². The summed E-state index contributed by atoms with van der Waals surface area (Å²) in [6.45, 7) is 0.466. The number of carbonyl (C=O) groups is 2. The lowest BCUT2D eigenvalue weighted by Gasteiger charge is -2.11. The van der Waals surface area contributed by atoms with Crippen molar-refractivity contribution in [3.63, 3.8) is 0 Å². The van der Waals surface area contributed by atoms with Crippen LogP contribution >= 0.6 is 0 Å². The fraction of sp³-hybridized carbons (Fsp3) is 0.462. The topological polar surface area (TPSA) is 88.5 Å². The van der Waals surface area contributed by atoms with Gasteiger partial charge < -0.3 is 15.2 Å². The van der Waals surface area contributed by atoms with E-state index in [1.54, 1.807) is 6.20 Å². The second kappa shape index (κ2) is 6.29. The van der Waals surface area contributed by atoms with Gasteiger partial charge in [0.15, 0.2) is 6.10 Å². The Morgan fingerprint density at radius 1 is 1.37 bits per heavy atom. The van der Waals surface area contributed by atoms with Gasteiger partial charge in [-0.05, 0) is 25.0 Å². The lowest BCUT2D eigenvalue weighted by molar-refractivity contribution is -0.151. The van der Waals surface area contributed by atoms with Crippen LogP contribution in [-0.2, 0) is 20.7 Å². The van der Waals surface area contributed by atoms with E-state index in [9.17, 15) is 9.59 Å². The quantitative estimate of drug-likeness (QED) is 0.802. The first-order valence-corrected chi connectivity index (χ1v) is 6.22. The molecule has 0 aliphatic carbocycles. The fourth-order valence-electron chi connectivity index (χ4n) is 1.99. The Labute approximate surface area is 110 Å². The van der Waals surface area contributed by atoms with E-state index >= 15 is 0 Å². The number of carbonyl (C=O) groups excluding carboxylic acids is 1. The molecule has 2 N–H and O–H groups in total. The van der Waals surface area contributed by atoms with Crippen molar-refractivity contribution in [1.29, 1.82) is 0 Å². The molecule has 6 heteroatoms. The van der Waals surface area contributed by atoms with Gasteiger partial charge in [-0.3, -0.25) is 9.78 Å². The lowest BCUT2D eigenvalue weighted by atomic mass is 10.2. The van der Waals surface area contributed by atoms with Crippen LogP contribution in [0, 0.1) is 0 Å². The van der Waals surface area contributed by atoms with Crippen LogP contribution in [0.4, 0.5) is 0 Å². The van der Waals surface area contributed by atoms with E-state index in [4.69, 9.17) is 9.84 Å². The van der Waals surface area contributed by atoms with E-state index in [0.717, 1.165) is 5.69 Å². The molecule has 6 nitrogen and oxygen atoms in total. The largest absolute Gasteiger partial charge is 0.479 e. The number of aliphatic carboxylic acids is 1. The Balaban J connectivity index is 1.72. The van der Waals surface area contributed by atoms with Crippen molar-refractivity contribution in [3.8, 4) is 0 Å². The van der Waals surface area contributed by atoms with Gasteiger partial charge in [0.2, 0.25) is 5.91 Å². The molecular weight excluding hydrogens is 248 g/mol. The second-order valence-corrected chi connectivity index (χ2v) is 4.39. The van der Waals surface area contributed by atoms with Gasteiger partial charge in [0.25, 0.3) is 0 Å². The SMILES string of the molecule is O=C(NCCc1ccccn1)[C@@H]1CC[C@H](C(=O)O)O1. The summed E-state index contributed by atoms with van der Waals surface area (Å²) in [4.78, 5) is 26.6. The summed E-state index contributed by atoms with van der Waals surface area (Å²) in [6, 6.07) is 5.61. The minimum Gasteiger partial charge on any atom is -0.479 e. The van der Waals surface area contributed by atoms with Crippen LogP contribution in [0.1, 0.15) is 18.5 Å². The summed E-state index contributed by atoms with van der Waals surface area (Å²) in [5.41, 5.74) is 0.901. The number of carboxylic acid groups (broad SMARTS) is 1. The third-order valence-corrected chi connectivity index (χ3v) is 2.99. The van der Waals surface area contributed by atoms with E-state index in [0.29, 0.717) is 25.8 Å². The first-order valence-electron chi connectivity index (χ1n) is 6.22. The average Bonchev–Trinajstić information content (AvgIpc) is 2.89. The Morgan fingerprint density at radius 2 is 2.16 bits per heavy atom. The minimum absolute atomic E-state index is 0.250. The van der Waals surface area contributed by atoms with Gasteiger partial charge in [0.1, 0.15) is 6.10 Å². The molecule has 1 aliphatic rings. The first-order chi connectivity index (χ1) is 9.16. The molecule has 2 atom stereocenters. The Hall–Kier alpha value is -1.95. The van der Waals surface area contributed by atoms with Gasteiger partial charge in [0.05, 0.1) is 0 Å². The molecule has 0 bridgehead atoms. The Kier molecular flexibility index (Phi) is 4.46. The highest BCUT2D eigenvalue weighted by atomic mass is 16.5. The first kappa shape index (κ1) is 13.5. The lowest BCUT2D eigenvalue weighted by Crippen LogP contribution is -2.36. The van der Waals surface area contributed by atoms with E-state index in [1.807, 2.05) is 18.2 Å². The smallest absolute Gasteiger partial charge is 0.332 e. The molecule has 1 fully saturated rings. The third kappa shape index (κ3) is 3.75. The molecule has 1 aliphatic heterocycles. The Bertz CT molecular complexity index is 449. The maximum atomic E-state index is 11.8. The van der Waals surface area contributed by atoms with Crippen LogP contribution in [-0.4, -0.2) is 40.7 Å². The number of pyridine rings is 1. The summed E-state index contributed by atoms with van der Waals surface area (Å²) in [6.07, 6.45) is 1.67. The molecule has 0 unspecified atom stereocenters. The number of hydrogen-bond acceptors (Lipinski definition) is 4. The van der Waals surface area contributed by atoms with Gasteiger partial charge in [-0.15, -0.1) is 0 Å². The standard InChI is InChI=1S/C13H16N2O4/c16-12(10-4-5-11(19-10)13(17)18)15-8-6-9-3-1-2-7-14-9/h1-3,7,10-11H,4-6,8H2,(H,15,16)(H,17,18)/t10-,11+/m0/s1. The highest BCUT2D eigenvalue weighted by Crippen LogP contribution is 2.19. The summed E-state index contributed by atoms with van der Waals surface area (Å²) < 4.78 is 5.16. The van der Waals surface area contributed by atoms with E-state index < -0.39 is 18.2 Å². The van der Waals surface area contributed by atoms with Crippen molar-refractivity contribution in [3.05, 3.63) is 30.1 Å². The predicted molar refractivity (Wildman–Crippen MR) is 66.5 cm³/mol. The average molecular weight is 264 g/mol. The van der Waals surface area contributed by atoms with Crippen LogP contribution in [0.5, 0.6) is 0 Å². The normalized spacial score (nSPS) is 22.1. The molecule has 0 saturated carbocycles. The summed E-state index contributed by atoms with van der Waals surface area (Å²) in [7, 11) is 0. The van der Waals surface area contributed by atoms with Crippen LogP contribution in [0.15, 0.2) is 24.4 Å². The number of ether oxygens (including phenoxy) is 1. The van der Waals surface area contributed by atoms with Gasteiger partial charge in [-0.25, -0.2) is 4.79 Å². The summed E-state index contributed by atoms with van der Waals surface area (Å²) >= 11 is 0. The van der Waals surface area contributed by atoms with Crippen LogP contribution in [0.25, 0.3) is 0 Å². The maximum Gasteiger partial charge on any atom is 0.332 e. The third-order valence-electron chi connectivity index (χ3n) is 2.99. The number of nitrogens with zero attached hydrogens (tertiary/aromatic N) is 1. The Morgan fingerprint density at radius 3 is 2.79 bits per heavy atom. The number of rotatable bonds is 5. The molecule has 0 aromatic carbocycles. The number of aromatic nitrogens is 1. The molecule has 2 heterocycles. The van der Waals surface area contributed by atoms with E-state index in [-0.39, 0.29) is 5.91 Å². The second-order valence-electron chi connectivity index (χ2n) is 4.39. The van der Waals surface area contributed by atoms with Gasteiger partial charge in [-0.1, -0.05) is 6.07 Å². The number of amides is 1. The van der Waals surface area contributed by atoms with Gasteiger partial charge >= 0.3 is 5.97 Å². The molecule has 19 heavy (non-hydrogen) atoms. The van der Waals surface area contributed by atoms with Crippen molar-refractivity contribution < 1.29 is 19.4 Å². The van der Waals surface area contributed by atoms with E-state index in [2.05, 4.69) is 10.3 Å². The molecule has 2 rings (SSSR count). The molecule has 1 aromatic rings. The maximum absolute atomic E-state index is 11.8. The zero-order valence-corrected chi connectivity index (χ0v) is 10.4. The highest BCUT2D eigenvalue weighted by molar-refractivity contribution is 5.82. The monoisotopic (exact) mass is 264 g/mol. The van der Waals surface area contributed by atoms with Crippen molar-refractivity contribution >= 4 is 11.9 Å². The van der Waals surface area contributed by atoms with Gasteiger partial charge in [0, 0.05) is 24.9 Å². The molecule has 1 saturated heterocycles. The minimum atomic E-state index is -1.01. The van der Waals surface area contributed by atoms with Crippen LogP contribution in [0.3, 0.4) is 0 Å². The van der Waals surface area contributed by atoms with Gasteiger partial charge in [-0.2, -0.15) is 0 Å². The predicted octanol–water partition coefficient (Wildman–Crippen LogP) is 0.372. The molecule has 0 spiro atoms. The van der Waals surface area contributed by atoms with Crippen LogP contribution in [0.2, 0.25) is 0 Å². The summed E-state index contributed by atoms with van der Waals surface area (Å²) in [5, 5.41) is 11.5. The zero-order valence-electron chi connectivity index (χ0n) is 10.4. The molecule has 1 aromatic heterocycles. The fourth-order valence-corrected chi connectivity index (χ4v) is 1.99. The summed E-state index contributed by atoms with van der Waals surface area (Å²) in [5.74, 6) is -1.26. The molecule has 0 radical (unpaired) electrons. The number of hydrogen-bond donors (Lipinski definition) is 2. The molecule has 102 valence electrons. The molecule has 1 amide bonds. The van der Waals surface area contributed by atoms with Crippen molar-refractivity contribution in [2.24, 2.45) is 0 Å². The van der Waals surface area contributed by atoms with E-state index in [1.165, 1.54) is 0 Å². The van der Waals surface area contributed by atoms with Crippen LogP contribution < -0.4 is 5.32 Å². The van der Waals surface area contributed by atoms with Crippen molar-refractivity contribution in [2.45, 2.75) is 31.5 Å². The van der Waals surface area contributed by atoms with Crippen molar-refractivity contribution in [2.75, 3.05) is 6.54 Å². The number of nitrogens with one attached hydrogen (secondary N) is 1. The highest BCUT2D eigenvalue weighted by Gasteiger charge is 2.34. The zero-order chi connectivity index (χ0) is 13.7.